The third kappa shape index (κ3) is 2.99. The summed E-state index contributed by atoms with van der Waals surface area (Å²) in [7, 11) is -1.83. The lowest BCUT2D eigenvalue weighted by Gasteiger charge is -2.17. The minimum absolute atomic E-state index is 0.491. The summed E-state index contributed by atoms with van der Waals surface area (Å²) in [5.41, 5.74) is 4.21. The first-order chi connectivity index (χ1) is 8.71. The summed E-state index contributed by atoms with van der Waals surface area (Å²) in [6.07, 6.45) is 0. The maximum Gasteiger partial charge on any atom is 0.246 e. The molecule has 0 spiro atoms. The molecule has 0 aliphatic heterocycles. The third-order valence-electron chi connectivity index (χ3n) is 2.42. The Kier molecular flexibility index (Phi) is 4.43. The molecule has 0 saturated carbocycles. The summed E-state index contributed by atoms with van der Waals surface area (Å²) in [5, 5.41) is 2.23. The fraction of sp³-hybridized carbons (Fsp3) is 0.300. The average Bonchev–Trinajstić information content (AvgIpc) is 2.35. The van der Waals surface area contributed by atoms with Gasteiger partial charge in [0, 0.05) is 14.1 Å². The normalized spacial score (nSPS) is 11.6. The number of nitrogens with two attached hydrogens (primary N) is 1. The van der Waals surface area contributed by atoms with Gasteiger partial charge in [-0.2, -0.15) is 4.31 Å². The molecular weight excluding hydrogens is 280 g/mol. The monoisotopic (exact) mass is 293 g/mol. The van der Waals surface area contributed by atoms with Crippen molar-refractivity contribution in [1.29, 1.82) is 0 Å². The van der Waals surface area contributed by atoms with Crippen LogP contribution in [0.3, 0.4) is 0 Å². The van der Waals surface area contributed by atoms with Gasteiger partial charge in [-0.25, -0.2) is 17.2 Å². The molecule has 0 saturated heterocycles. The minimum Gasteiger partial charge on any atom is -0.394 e. The number of nitrogens with one attached hydrogen (secondary N) is 1. The number of amides is 1. The van der Waals surface area contributed by atoms with E-state index < -0.39 is 44.7 Å². The van der Waals surface area contributed by atoms with E-state index >= 15 is 0 Å². The number of likely N-dealkylation sites (N-methyl/N-ethyl adjacent to an activating group) is 2. The van der Waals surface area contributed by atoms with Crippen LogP contribution in [0.15, 0.2) is 17.0 Å². The van der Waals surface area contributed by atoms with Gasteiger partial charge in [0.15, 0.2) is 5.82 Å². The molecule has 6 nitrogen and oxygen atoms in total. The van der Waals surface area contributed by atoms with Crippen LogP contribution >= 0.6 is 0 Å². The Morgan fingerprint density at radius 1 is 1.42 bits per heavy atom. The Morgan fingerprint density at radius 3 is 2.53 bits per heavy atom. The predicted molar refractivity (Wildman–Crippen MR) is 64.7 cm³/mol. The fourth-order valence-electron chi connectivity index (χ4n) is 1.28. The highest BCUT2D eigenvalue weighted by atomic mass is 32.2. The Morgan fingerprint density at radius 2 is 2.00 bits per heavy atom. The minimum atomic E-state index is -4.26. The maximum absolute atomic E-state index is 13.7. The highest BCUT2D eigenvalue weighted by Crippen LogP contribution is 2.24. The number of benzene rings is 1. The topological polar surface area (TPSA) is 92.5 Å². The van der Waals surface area contributed by atoms with Crippen molar-refractivity contribution in [2.45, 2.75) is 4.90 Å². The van der Waals surface area contributed by atoms with Gasteiger partial charge in [-0.15, -0.1) is 0 Å². The Labute approximate surface area is 109 Å². The van der Waals surface area contributed by atoms with Gasteiger partial charge in [0.1, 0.15) is 16.4 Å². The van der Waals surface area contributed by atoms with Gasteiger partial charge in [-0.05, 0) is 12.1 Å². The van der Waals surface area contributed by atoms with E-state index in [-0.39, 0.29) is 0 Å². The number of hydrogen-bond acceptors (Lipinski definition) is 4. The smallest absolute Gasteiger partial charge is 0.246 e. The molecule has 0 radical (unpaired) electrons. The van der Waals surface area contributed by atoms with Crippen molar-refractivity contribution in [3.8, 4) is 0 Å². The first-order valence-corrected chi connectivity index (χ1v) is 6.56. The zero-order chi connectivity index (χ0) is 14.8. The molecule has 3 N–H and O–H groups in total. The Hall–Kier alpha value is -1.74. The lowest BCUT2D eigenvalue weighted by molar-refractivity contribution is -0.120. The molecule has 1 aromatic rings. The van der Waals surface area contributed by atoms with Crippen LogP contribution in [-0.2, 0) is 14.8 Å². The molecule has 1 aromatic carbocycles. The third-order valence-corrected chi connectivity index (χ3v) is 4.25. The molecule has 9 heteroatoms. The van der Waals surface area contributed by atoms with Crippen molar-refractivity contribution in [2.24, 2.45) is 0 Å². The Balaban J connectivity index is 3.21. The molecule has 0 aromatic heterocycles. The number of halogens is 2. The van der Waals surface area contributed by atoms with Crippen molar-refractivity contribution >= 4 is 21.6 Å². The van der Waals surface area contributed by atoms with Crippen LogP contribution in [0, 0.1) is 11.6 Å². The molecule has 0 atom stereocenters. The zero-order valence-electron chi connectivity index (χ0n) is 10.3. The van der Waals surface area contributed by atoms with Crippen LogP contribution in [0.5, 0.6) is 0 Å². The fourth-order valence-corrected chi connectivity index (χ4v) is 2.48. The largest absolute Gasteiger partial charge is 0.394 e. The second kappa shape index (κ2) is 5.49. The van der Waals surface area contributed by atoms with E-state index in [0.717, 1.165) is 19.2 Å². The van der Waals surface area contributed by atoms with Crippen molar-refractivity contribution in [3.63, 3.8) is 0 Å². The van der Waals surface area contributed by atoms with Crippen LogP contribution in [0.2, 0.25) is 0 Å². The van der Waals surface area contributed by atoms with E-state index in [1.54, 1.807) is 0 Å². The van der Waals surface area contributed by atoms with Gasteiger partial charge in [-0.1, -0.05) is 0 Å². The molecule has 0 aliphatic carbocycles. The van der Waals surface area contributed by atoms with E-state index in [0.29, 0.717) is 4.31 Å². The van der Waals surface area contributed by atoms with Crippen LogP contribution < -0.4 is 11.1 Å². The summed E-state index contributed by atoms with van der Waals surface area (Å²) in [4.78, 5) is 10.3. The van der Waals surface area contributed by atoms with Crippen molar-refractivity contribution in [2.75, 3.05) is 26.4 Å². The van der Waals surface area contributed by atoms with Gasteiger partial charge in [0.05, 0.1) is 6.54 Å². The second-order valence-electron chi connectivity index (χ2n) is 3.71. The number of sulfonamides is 1. The zero-order valence-corrected chi connectivity index (χ0v) is 11.1. The van der Waals surface area contributed by atoms with Crippen LogP contribution in [0.1, 0.15) is 0 Å². The van der Waals surface area contributed by atoms with Crippen molar-refractivity contribution in [1.82, 2.24) is 9.62 Å². The number of hydrogen-bond donors (Lipinski definition) is 2. The number of nitrogen functional groups attached to an aromatic ring is 1. The molecule has 0 heterocycles. The number of anilines is 1. The van der Waals surface area contributed by atoms with E-state index in [9.17, 15) is 22.0 Å². The van der Waals surface area contributed by atoms with Crippen LogP contribution in [0.25, 0.3) is 0 Å². The highest BCUT2D eigenvalue weighted by Gasteiger charge is 2.27. The van der Waals surface area contributed by atoms with E-state index in [4.69, 9.17) is 5.73 Å². The molecule has 0 bridgehead atoms. The quantitative estimate of drug-likeness (QED) is 0.759. The van der Waals surface area contributed by atoms with Gasteiger partial charge < -0.3 is 11.1 Å². The summed E-state index contributed by atoms with van der Waals surface area (Å²) in [6, 6.07) is 1.51. The second-order valence-corrected chi connectivity index (χ2v) is 5.72. The van der Waals surface area contributed by atoms with E-state index in [2.05, 4.69) is 5.32 Å². The highest BCUT2D eigenvalue weighted by molar-refractivity contribution is 7.89. The standard InChI is InChI=1S/C10H13F2N3O3S/c1-14-8(16)5-15(2)19(17,18)7-4-3-6(11)10(13)9(7)12/h3-4H,5,13H2,1-2H3,(H,14,16). The molecule has 0 fully saturated rings. The molecule has 0 aliphatic rings. The summed E-state index contributed by atoms with van der Waals surface area (Å²) >= 11 is 0. The summed E-state index contributed by atoms with van der Waals surface area (Å²) in [5.74, 6) is -2.99. The molecule has 0 unspecified atom stereocenters. The average molecular weight is 293 g/mol. The predicted octanol–water partition coefficient (Wildman–Crippen LogP) is -0.0865. The van der Waals surface area contributed by atoms with Crippen molar-refractivity contribution < 1.29 is 22.0 Å². The first kappa shape index (κ1) is 15.3. The lowest BCUT2D eigenvalue weighted by atomic mass is 10.3. The molecule has 1 amide bonds. The Bertz CT molecular complexity index is 604. The van der Waals surface area contributed by atoms with Gasteiger partial charge in [-0.3, -0.25) is 4.79 Å². The van der Waals surface area contributed by atoms with Crippen LogP contribution in [-0.4, -0.2) is 39.3 Å². The van der Waals surface area contributed by atoms with E-state index in [1.165, 1.54) is 7.05 Å². The van der Waals surface area contributed by atoms with Gasteiger partial charge in [0.2, 0.25) is 15.9 Å². The summed E-state index contributed by atoms with van der Waals surface area (Å²) < 4.78 is 51.3. The van der Waals surface area contributed by atoms with Gasteiger partial charge in [0.25, 0.3) is 0 Å². The maximum atomic E-state index is 13.7. The molecule has 19 heavy (non-hydrogen) atoms. The molecular formula is C10H13F2N3O3S. The molecule has 1 rings (SSSR count). The van der Waals surface area contributed by atoms with Crippen molar-refractivity contribution in [3.05, 3.63) is 23.8 Å². The van der Waals surface area contributed by atoms with E-state index in [1.807, 2.05) is 0 Å². The van der Waals surface area contributed by atoms with Gasteiger partial charge >= 0.3 is 0 Å². The van der Waals surface area contributed by atoms with Crippen LogP contribution in [0.4, 0.5) is 14.5 Å². The number of carbonyl (C=O) groups is 1. The number of rotatable bonds is 4. The molecule has 106 valence electrons. The first-order valence-electron chi connectivity index (χ1n) is 5.12. The lowest BCUT2D eigenvalue weighted by Crippen LogP contribution is -2.37. The SMILES string of the molecule is CNC(=O)CN(C)S(=O)(=O)c1ccc(F)c(N)c1F. The number of nitrogens with zero attached hydrogens (tertiary/aromatic N) is 1. The summed E-state index contributed by atoms with van der Waals surface area (Å²) in [6.45, 7) is -0.491. The number of carbonyl (C=O) groups excluding carboxylic acids is 1.